The minimum atomic E-state index is 0.0602. The summed E-state index contributed by atoms with van der Waals surface area (Å²) in [5, 5.41) is 2.86. The van der Waals surface area contributed by atoms with Gasteiger partial charge in [-0.15, -0.1) is 0 Å². The van der Waals surface area contributed by atoms with Crippen molar-refractivity contribution in [2.75, 3.05) is 18.5 Å². The van der Waals surface area contributed by atoms with E-state index in [-0.39, 0.29) is 11.8 Å². The molecule has 0 aliphatic carbocycles. The Labute approximate surface area is 101 Å². The van der Waals surface area contributed by atoms with Crippen LogP contribution in [0.2, 0.25) is 0 Å². The molecule has 4 nitrogen and oxygen atoms in total. The Bertz CT molecular complexity index is 370. The van der Waals surface area contributed by atoms with Crippen LogP contribution in [0.25, 0.3) is 0 Å². The molecule has 1 saturated heterocycles. The van der Waals surface area contributed by atoms with E-state index in [0.29, 0.717) is 19.0 Å². The van der Waals surface area contributed by atoms with Crippen molar-refractivity contribution in [3.8, 4) is 0 Å². The molecule has 4 heteroatoms. The number of anilines is 1. The average Bonchev–Trinajstić information content (AvgIpc) is 2.40. The number of aromatic nitrogens is 1. The van der Waals surface area contributed by atoms with Gasteiger partial charge in [0.15, 0.2) is 0 Å². The molecule has 0 unspecified atom stereocenters. The Morgan fingerprint density at radius 2 is 2.24 bits per heavy atom. The van der Waals surface area contributed by atoms with Crippen molar-refractivity contribution in [1.82, 2.24) is 4.98 Å². The quantitative estimate of drug-likeness (QED) is 0.870. The summed E-state index contributed by atoms with van der Waals surface area (Å²) in [6, 6.07) is 3.85. The number of rotatable bonds is 3. The van der Waals surface area contributed by atoms with Gasteiger partial charge >= 0.3 is 0 Å². The smallest absolute Gasteiger partial charge is 0.228 e. The van der Waals surface area contributed by atoms with Gasteiger partial charge in [-0.25, -0.2) is 4.98 Å². The Kier molecular flexibility index (Phi) is 4.09. The third-order valence-electron chi connectivity index (χ3n) is 3.08. The molecule has 0 bridgehead atoms. The van der Waals surface area contributed by atoms with Crippen molar-refractivity contribution >= 4 is 11.7 Å². The van der Waals surface area contributed by atoms with Gasteiger partial charge in [-0.2, -0.15) is 0 Å². The molecular formula is C13H18N2O2. The van der Waals surface area contributed by atoms with E-state index >= 15 is 0 Å². The van der Waals surface area contributed by atoms with Gasteiger partial charge in [0.2, 0.25) is 5.91 Å². The topological polar surface area (TPSA) is 51.2 Å². The zero-order valence-corrected chi connectivity index (χ0v) is 10.1. The van der Waals surface area contributed by atoms with E-state index in [9.17, 15) is 4.79 Å². The minimum absolute atomic E-state index is 0.0602. The molecule has 1 aromatic rings. The van der Waals surface area contributed by atoms with Gasteiger partial charge in [0.1, 0.15) is 5.82 Å². The number of ether oxygens (including phenoxy) is 1. The van der Waals surface area contributed by atoms with E-state index in [0.717, 1.165) is 19.3 Å². The van der Waals surface area contributed by atoms with E-state index in [1.165, 1.54) is 5.56 Å². The van der Waals surface area contributed by atoms with Crippen LogP contribution in [0, 0.1) is 5.92 Å². The van der Waals surface area contributed by atoms with Crippen LogP contribution in [-0.4, -0.2) is 24.1 Å². The van der Waals surface area contributed by atoms with E-state index in [4.69, 9.17) is 4.74 Å². The Balaban J connectivity index is 1.92. The van der Waals surface area contributed by atoms with Gasteiger partial charge in [-0.3, -0.25) is 4.79 Å². The van der Waals surface area contributed by atoms with Crippen molar-refractivity contribution < 1.29 is 9.53 Å². The van der Waals surface area contributed by atoms with Gasteiger partial charge in [0, 0.05) is 25.3 Å². The van der Waals surface area contributed by atoms with Crippen molar-refractivity contribution in [1.29, 1.82) is 0 Å². The highest BCUT2D eigenvalue weighted by atomic mass is 16.5. The molecule has 0 saturated carbocycles. The predicted molar refractivity (Wildman–Crippen MR) is 65.8 cm³/mol. The number of nitrogens with zero attached hydrogens (tertiary/aromatic N) is 1. The SMILES string of the molecule is CCc1ccc(NC(=O)C2CCOCC2)nc1. The van der Waals surface area contributed by atoms with Crippen LogP contribution in [0.3, 0.4) is 0 Å². The summed E-state index contributed by atoms with van der Waals surface area (Å²) in [5.41, 5.74) is 1.18. The summed E-state index contributed by atoms with van der Waals surface area (Å²) in [6.45, 7) is 3.44. The van der Waals surface area contributed by atoms with Crippen LogP contribution in [-0.2, 0) is 16.0 Å². The molecule has 1 aliphatic rings. The summed E-state index contributed by atoms with van der Waals surface area (Å²) >= 11 is 0. The fourth-order valence-electron chi connectivity index (χ4n) is 1.90. The molecule has 17 heavy (non-hydrogen) atoms. The first-order chi connectivity index (χ1) is 8.29. The Morgan fingerprint density at radius 1 is 1.47 bits per heavy atom. The summed E-state index contributed by atoms with van der Waals surface area (Å²) in [5.74, 6) is 0.764. The van der Waals surface area contributed by atoms with Crippen LogP contribution in [0.4, 0.5) is 5.82 Å². The molecule has 0 atom stereocenters. The summed E-state index contributed by atoms with van der Waals surface area (Å²) in [7, 11) is 0. The number of hydrogen-bond donors (Lipinski definition) is 1. The molecule has 1 fully saturated rings. The van der Waals surface area contributed by atoms with Crippen LogP contribution < -0.4 is 5.32 Å². The maximum Gasteiger partial charge on any atom is 0.228 e. The van der Waals surface area contributed by atoms with Crippen LogP contribution in [0.5, 0.6) is 0 Å². The van der Waals surface area contributed by atoms with Gasteiger partial charge < -0.3 is 10.1 Å². The summed E-state index contributed by atoms with van der Waals surface area (Å²) in [6.07, 6.45) is 4.37. The molecule has 0 aromatic carbocycles. The molecule has 1 aliphatic heterocycles. The first kappa shape index (κ1) is 12.0. The number of nitrogens with one attached hydrogen (secondary N) is 1. The molecule has 92 valence electrons. The van der Waals surface area contributed by atoms with Crippen LogP contribution in [0.1, 0.15) is 25.3 Å². The second kappa shape index (κ2) is 5.77. The van der Waals surface area contributed by atoms with Crippen LogP contribution in [0.15, 0.2) is 18.3 Å². The van der Waals surface area contributed by atoms with Crippen LogP contribution >= 0.6 is 0 Å². The van der Waals surface area contributed by atoms with Crippen molar-refractivity contribution in [3.63, 3.8) is 0 Å². The second-order valence-corrected chi connectivity index (χ2v) is 4.28. The number of amides is 1. The number of pyridine rings is 1. The van der Waals surface area contributed by atoms with Crippen molar-refractivity contribution in [2.24, 2.45) is 5.92 Å². The Hall–Kier alpha value is -1.42. The third kappa shape index (κ3) is 3.27. The fraction of sp³-hybridized carbons (Fsp3) is 0.538. The fourth-order valence-corrected chi connectivity index (χ4v) is 1.90. The van der Waals surface area contributed by atoms with Gasteiger partial charge in [-0.05, 0) is 30.9 Å². The lowest BCUT2D eigenvalue weighted by Gasteiger charge is -2.20. The highest BCUT2D eigenvalue weighted by molar-refractivity contribution is 5.91. The minimum Gasteiger partial charge on any atom is -0.381 e. The predicted octanol–water partition coefficient (Wildman–Crippen LogP) is 2.01. The van der Waals surface area contributed by atoms with Crippen molar-refractivity contribution in [3.05, 3.63) is 23.9 Å². The first-order valence-corrected chi connectivity index (χ1v) is 6.13. The number of carbonyl (C=O) groups is 1. The average molecular weight is 234 g/mol. The molecular weight excluding hydrogens is 216 g/mol. The molecule has 2 rings (SSSR count). The van der Waals surface area contributed by atoms with Crippen molar-refractivity contribution in [2.45, 2.75) is 26.2 Å². The lowest BCUT2D eigenvalue weighted by Crippen LogP contribution is -2.28. The number of hydrogen-bond acceptors (Lipinski definition) is 3. The number of carbonyl (C=O) groups excluding carboxylic acids is 1. The largest absolute Gasteiger partial charge is 0.381 e. The molecule has 1 amide bonds. The molecule has 0 radical (unpaired) electrons. The molecule has 2 heterocycles. The van der Waals surface area contributed by atoms with E-state index in [1.807, 2.05) is 12.1 Å². The third-order valence-corrected chi connectivity index (χ3v) is 3.08. The number of aryl methyl sites for hydroxylation is 1. The maximum absolute atomic E-state index is 11.9. The highest BCUT2D eigenvalue weighted by Crippen LogP contribution is 2.16. The lowest BCUT2D eigenvalue weighted by atomic mass is 9.99. The normalized spacial score (nSPS) is 16.8. The Morgan fingerprint density at radius 3 is 2.82 bits per heavy atom. The molecule has 0 spiro atoms. The zero-order valence-electron chi connectivity index (χ0n) is 10.1. The summed E-state index contributed by atoms with van der Waals surface area (Å²) < 4.78 is 5.23. The van der Waals surface area contributed by atoms with E-state index < -0.39 is 0 Å². The summed E-state index contributed by atoms with van der Waals surface area (Å²) in [4.78, 5) is 16.1. The van der Waals surface area contributed by atoms with E-state index in [1.54, 1.807) is 6.20 Å². The highest BCUT2D eigenvalue weighted by Gasteiger charge is 2.21. The molecule has 1 N–H and O–H groups in total. The maximum atomic E-state index is 11.9. The zero-order chi connectivity index (χ0) is 12.1. The second-order valence-electron chi connectivity index (χ2n) is 4.28. The van der Waals surface area contributed by atoms with Gasteiger partial charge in [-0.1, -0.05) is 13.0 Å². The molecule has 1 aromatic heterocycles. The first-order valence-electron chi connectivity index (χ1n) is 6.13. The standard InChI is InChI=1S/C13H18N2O2/c1-2-10-3-4-12(14-9-10)15-13(16)11-5-7-17-8-6-11/h3-4,9,11H,2,5-8H2,1H3,(H,14,15,16). The van der Waals surface area contributed by atoms with E-state index in [2.05, 4.69) is 17.2 Å². The van der Waals surface area contributed by atoms with Gasteiger partial charge in [0.25, 0.3) is 0 Å². The monoisotopic (exact) mass is 234 g/mol. The lowest BCUT2D eigenvalue weighted by molar-refractivity contribution is -0.122. The van der Waals surface area contributed by atoms with Gasteiger partial charge in [0.05, 0.1) is 0 Å².